The van der Waals surface area contributed by atoms with E-state index in [2.05, 4.69) is 28.4 Å². The molecule has 2 aliphatic rings. The van der Waals surface area contributed by atoms with Gasteiger partial charge in [-0.2, -0.15) is 0 Å². The van der Waals surface area contributed by atoms with Crippen molar-refractivity contribution >= 4 is 0 Å². The summed E-state index contributed by atoms with van der Waals surface area (Å²) in [5, 5.41) is 3.55. The lowest BCUT2D eigenvalue weighted by Gasteiger charge is -2.24. The fourth-order valence-electron chi connectivity index (χ4n) is 2.95. The molecule has 1 aliphatic carbocycles. The first-order chi connectivity index (χ1) is 9.90. The molecule has 0 radical (unpaired) electrons. The van der Waals surface area contributed by atoms with E-state index in [4.69, 9.17) is 4.98 Å². The fourth-order valence-corrected chi connectivity index (χ4v) is 2.95. The van der Waals surface area contributed by atoms with E-state index in [1.807, 2.05) is 0 Å². The Morgan fingerprint density at radius 1 is 1.00 bits per heavy atom. The number of nitrogens with zero attached hydrogens (tertiary/aromatic N) is 2. The van der Waals surface area contributed by atoms with E-state index in [1.165, 1.54) is 69.4 Å². The molecule has 0 aromatic carbocycles. The topological polar surface area (TPSA) is 28.2 Å². The molecule has 1 saturated carbocycles. The Kier molecular flexibility index (Phi) is 5.04. The molecule has 3 nitrogen and oxygen atoms in total. The van der Waals surface area contributed by atoms with E-state index < -0.39 is 0 Å². The first-order valence-electron chi connectivity index (χ1n) is 8.31. The molecule has 0 spiro atoms. The van der Waals surface area contributed by atoms with Crippen LogP contribution in [0.15, 0.2) is 18.2 Å². The van der Waals surface area contributed by atoms with Crippen molar-refractivity contribution < 1.29 is 0 Å². The normalized spacial score (nSPS) is 21.4. The molecule has 1 saturated heterocycles. The molecule has 110 valence electrons. The lowest BCUT2D eigenvalue weighted by molar-refractivity contribution is 0.237. The van der Waals surface area contributed by atoms with E-state index >= 15 is 0 Å². The molecule has 1 aromatic heterocycles. The second-order valence-corrected chi connectivity index (χ2v) is 6.32. The molecular weight excluding hydrogens is 246 g/mol. The number of hydrogen-bond donors (Lipinski definition) is 1. The summed E-state index contributed by atoms with van der Waals surface area (Å²) in [6, 6.07) is 7.25. The van der Waals surface area contributed by atoms with Crippen molar-refractivity contribution in [2.24, 2.45) is 0 Å². The minimum atomic E-state index is 0.759. The van der Waals surface area contributed by atoms with Gasteiger partial charge < -0.3 is 5.32 Å². The lowest BCUT2D eigenvalue weighted by Crippen LogP contribution is -2.27. The minimum Gasteiger partial charge on any atom is -0.308 e. The number of likely N-dealkylation sites (tertiary alicyclic amines) is 1. The average Bonchev–Trinajstić information content (AvgIpc) is 3.24. The first kappa shape index (κ1) is 14.0. The van der Waals surface area contributed by atoms with Gasteiger partial charge in [-0.3, -0.25) is 9.88 Å². The third-order valence-corrected chi connectivity index (χ3v) is 4.35. The Labute approximate surface area is 122 Å². The molecule has 2 fully saturated rings. The maximum absolute atomic E-state index is 4.82. The minimum absolute atomic E-state index is 0.759. The Hall–Kier alpha value is -0.930. The second kappa shape index (κ2) is 7.19. The van der Waals surface area contributed by atoms with Crippen LogP contribution in [-0.2, 0) is 13.1 Å². The molecule has 1 aromatic rings. The van der Waals surface area contributed by atoms with Crippen molar-refractivity contribution in [2.75, 3.05) is 13.1 Å². The number of rotatable bonds is 5. The summed E-state index contributed by atoms with van der Waals surface area (Å²) in [7, 11) is 0. The molecule has 0 unspecified atom stereocenters. The number of hydrogen-bond acceptors (Lipinski definition) is 3. The molecule has 0 amide bonds. The predicted molar refractivity (Wildman–Crippen MR) is 82.5 cm³/mol. The van der Waals surface area contributed by atoms with Crippen LogP contribution >= 0.6 is 0 Å². The Morgan fingerprint density at radius 2 is 1.70 bits per heavy atom. The molecule has 1 N–H and O–H groups in total. The van der Waals surface area contributed by atoms with Gasteiger partial charge in [0.25, 0.3) is 0 Å². The van der Waals surface area contributed by atoms with Crippen LogP contribution in [0.4, 0.5) is 0 Å². The standard InChI is InChI=1S/C17H27N3/c1-2-4-11-20(12-5-3-1)14-17-8-6-7-16(19-17)13-18-15-9-10-15/h6-8,15,18H,1-5,9-14H2. The molecule has 0 bridgehead atoms. The van der Waals surface area contributed by atoms with Gasteiger partial charge in [0.05, 0.1) is 11.4 Å². The second-order valence-electron chi connectivity index (χ2n) is 6.32. The van der Waals surface area contributed by atoms with Crippen molar-refractivity contribution in [3.63, 3.8) is 0 Å². The fraction of sp³-hybridized carbons (Fsp3) is 0.706. The van der Waals surface area contributed by atoms with E-state index in [0.29, 0.717) is 0 Å². The van der Waals surface area contributed by atoms with Crippen LogP contribution in [0.2, 0.25) is 0 Å². The summed E-state index contributed by atoms with van der Waals surface area (Å²) in [5.74, 6) is 0. The Balaban J connectivity index is 1.53. The van der Waals surface area contributed by atoms with Crippen LogP contribution in [0.1, 0.15) is 56.3 Å². The SMILES string of the molecule is c1cc(CNC2CC2)nc(CN2CCCCCCC2)c1. The van der Waals surface area contributed by atoms with E-state index in [1.54, 1.807) is 0 Å². The average molecular weight is 273 g/mol. The number of aromatic nitrogens is 1. The third-order valence-electron chi connectivity index (χ3n) is 4.35. The van der Waals surface area contributed by atoms with Gasteiger partial charge in [-0.1, -0.05) is 25.3 Å². The lowest BCUT2D eigenvalue weighted by atomic mass is 10.1. The van der Waals surface area contributed by atoms with Gasteiger partial charge in [-0.25, -0.2) is 0 Å². The first-order valence-corrected chi connectivity index (χ1v) is 8.31. The highest BCUT2D eigenvalue weighted by atomic mass is 15.1. The molecule has 3 heteroatoms. The van der Waals surface area contributed by atoms with Gasteiger partial charge in [0, 0.05) is 19.1 Å². The number of pyridine rings is 1. The van der Waals surface area contributed by atoms with Crippen molar-refractivity contribution in [3.05, 3.63) is 29.6 Å². The summed E-state index contributed by atoms with van der Waals surface area (Å²) < 4.78 is 0. The molecule has 20 heavy (non-hydrogen) atoms. The van der Waals surface area contributed by atoms with Gasteiger partial charge in [0.2, 0.25) is 0 Å². The maximum atomic E-state index is 4.82. The van der Waals surface area contributed by atoms with Crippen LogP contribution in [-0.4, -0.2) is 29.0 Å². The highest BCUT2D eigenvalue weighted by Gasteiger charge is 2.20. The molecular formula is C17H27N3. The van der Waals surface area contributed by atoms with Crippen molar-refractivity contribution in [1.82, 2.24) is 15.2 Å². The van der Waals surface area contributed by atoms with Crippen LogP contribution in [0.3, 0.4) is 0 Å². The highest BCUT2D eigenvalue weighted by molar-refractivity contribution is 5.11. The van der Waals surface area contributed by atoms with Gasteiger partial charge >= 0.3 is 0 Å². The van der Waals surface area contributed by atoms with Crippen LogP contribution in [0.5, 0.6) is 0 Å². The van der Waals surface area contributed by atoms with Gasteiger partial charge in [-0.05, 0) is 50.9 Å². The highest BCUT2D eigenvalue weighted by Crippen LogP contribution is 2.19. The zero-order valence-electron chi connectivity index (χ0n) is 12.5. The molecule has 3 rings (SSSR count). The van der Waals surface area contributed by atoms with E-state index in [-0.39, 0.29) is 0 Å². The third kappa shape index (κ3) is 4.57. The largest absolute Gasteiger partial charge is 0.308 e. The number of nitrogens with one attached hydrogen (secondary N) is 1. The summed E-state index contributed by atoms with van der Waals surface area (Å²) in [6.07, 6.45) is 9.60. The summed E-state index contributed by atoms with van der Waals surface area (Å²) >= 11 is 0. The van der Waals surface area contributed by atoms with Gasteiger partial charge in [-0.15, -0.1) is 0 Å². The maximum Gasteiger partial charge on any atom is 0.0547 e. The molecule has 0 atom stereocenters. The monoisotopic (exact) mass is 273 g/mol. The zero-order chi connectivity index (χ0) is 13.6. The quantitative estimate of drug-likeness (QED) is 0.893. The summed E-state index contributed by atoms with van der Waals surface area (Å²) in [4.78, 5) is 7.40. The van der Waals surface area contributed by atoms with E-state index in [9.17, 15) is 0 Å². The van der Waals surface area contributed by atoms with Crippen LogP contribution in [0.25, 0.3) is 0 Å². The zero-order valence-corrected chi connectivity index (χ0v) is 12.5. The predicted octanol–water partition coefficient (Wildman–Crippen LogP) is 3.10. The summed E-state index contributed by atoms with van der Waals surface area (Å²) in [5.41, 5.74) is 2.43. The van der Waals surface area contributed by atoms with Crippen molar-refractivity contribution in [2.45, 2.75) is 64.1 Å². The van der Waals surface area contributed by atoms with Crippen LogP contribution in [0, 0.1) is 0 Å². The van der Waals surface area contributed by atoms with E-state index in [0.717, 1.165) is 19.1 Å². The van der Waals surface area contributed by atoms with Gasteiger partial charge in [0.15, 0.2) is 0 Å². The van der Waals surface area contributed by atoms with Crippen molar-refractivity contribution in [3.8, 4) is 0 Å². The molecule has 2 heterocycles. The van der Waals surface area contributed by atoms with Gasteiger partial charge in [0.1, 0.15) is 0 Å². The summed E-state index contributed by atoms with van der Waals surface area (Å²) in [6.45, 7) is 4.44. The Bertz CT molecular complexity index is 406. The smallest absolute Gasteiger partial charge is 0.0547 e. The Morgan fingerprint density at radius 3 is 2.45 bits per heavy atom. The molecule has 1 aliphatic heterocycles. The van der Waals surface area contributed by atoms with Crippen LogP contribution < -0.4 is 5.32 Å². The van der Waals surface area contributed by atoms with Crippen molar-refractivity contribution in [1.29, 1.82) is 0 Å².